The van der Waals surface area contributed by atoms with Gasteiger partial charge >= 0.3 is 0 Å². The van der Waals surface area contributed by atoms with Gasteiger partial charge in [0.15, 0.2) is 0 Å². The van der Waals surface area contributed by atoms with E-state index in [0.29, 0.717) is 5.92 Å². The molecule has 2 rings (SSSR count). The molecule has 0 saturated heterocycles. The van der Waals surface area contributed by atoms with Crippen molar-refractivity contribution in [3.8, 4) is 0 Å². The predicted molar refractivity (Wildman–Crippen MR) is 124 cm³/mol. The number of nitrogens with zero attached hydrogens (tertiary/aromatic N) is 2. The topological polar surface area (TPSA) is 17.3 Å². The number of aryl methyl sites for hydroxylation is 3. The van der Waals surface area contributed by atoms with Crippen molar-refractivity contribution < 1.29 is 0 Å². The van der Waals surface area contributed by atoms with Crippen molar-refractivity contribution in [2.75, 3.05) is 0 Å². The van der Waals surface area contributed by atoms with E-state index in [4.69, 9.17) is 4.99 Å². The van der Waals surface area contributed by atoms with E-state index in [2.05, 4.69) is 101 Å². The smallest absolute Gasteiger partial charge is 0.0680 e. The summed E-state index contributed by atoms with van der Waals surface area (Å²) < 4.78 is 2.22. The average Bonchev–Trinajstić information content (AvgIpc) is 3.06. The lowest BCUT2D eigenvalue weighted by Gasteiger charge is -2.14. The van der Waals surface area contributed by atoms with Gasteiger partial charge in [-0.2, -0.15) is 0 Å². The molecule has 0 spiro atoms. The molecule has 1 aromatic heterocycles. The minimum absolute atomic E-state index is 0.360. The van der Waals surface area contributed by atoms with Crippen molar-refractivity contribution >= 4 is 11.4 Å². The molecule has 0 saturated carbocycles. The summed E-state index contributed by atoms with van der Waals surface area (Å²) in [6.45, 7) is 10.9. The maximum absolute atomic E-state index is 5.15. The van der Waals surface area contributed by atoms with Crippen LogP contribution in [-0.4, -0.2) is 10.3 Å². The lowest BCUT2D eigenvalue weighted by Crippen LogP contribution is -2.12. The first-order chi connectivity index (χ1) is 13.5. The van der Waals surface area contributed by atoms with Gasteiger partial charge in [-0.05, 0) is 50.8 Å². The van der Waals surface area contributed by atoms with E-state index in [-0.39, 0.29) is 0 Å². The van der Waals surface area contributed by atoms with Crippen molar-refractivity contribution in [2.45, 2.75) is 60.3 Å². The summed E-state index contributed by atoms with van der Waals surface area (Å²) in [5, 5.41) is 0. The molecule has 0 N–H and O–H groups in total. The first-order valence-corrected chi connectivity index (χ1v) is 10.6. The van der Waals surface area contributed by atoms with Gasteiger partial charge in [0.1, 0.15) is 0 Å². The molecule has 1 unspecified atom stereocenters. The molecule has 1 heterocycles. The lowest BCUT2D eigenvalue weighted by molar-refractivity contribution is 0.770. The molecule has 0 radical (unpaired) electrons. The van der Waals surface area contributed by atoms with Crippen LogP contribution >= 0.6 is 0 Å². The molecule has 1 aromatic carbocycles. The summed E-state index contributed by atoms with van der Waals surface area (Å²) in [5.41, 5.74) is 7.47. The SMILES string of the molecule is C\C=C/C(=N/C(=C/CCC)c1cc(CC)n(C)c1)C(C)Cc1ccc(C)cc1. The molecule has 0 aliphatic heterocycles. The number of aliphatic imine (C=N–C) groups is 1. The van der Waals surface area contributed by atoms with Gasteiger partial charge in [0, 0.05) is 36.1 Å². The van der Waals surface area contributed by atoms with Gasteiger partial charge in [-0.25, -0.2) is 0 Å². The third kappa shape index (κ3) is 6.09. The van der Waals surface area contributed by atoms with E-state index in [1.807, 2.05) is 0 Å². The van der Waals surface area contributed by atoms with E-state index in [1.165, 1.54) is 22.4 Å². The van der Waals surface area contributed by atoms with Gasteiger partial charge in [-0.1, -0.05) is 69.2 Å². The number of hydrogen-bond acceptors (Lipinski definition) is 1. The molecule has 150 valence electrons. The second kappa shape index (κ2) is 10.8. The zero-order valence-electron chi connectivity index (χ0n) is 18.5. The molecule has 0 amide bonds. The Balaban J connectivity index is 2.35. The number of rotatable bonds is 9. The second-order valence-corrected chi connectivity index (χ2v) is 7.69. The van der Waals surface area contributed by atoms with Gasteiger partial charge in [0.2, 0.25) is 0 Å². The minimum Gasteiger partial charge on any atom is -0.354 e. The van der Waals surface area contributed by atoms with Crippen molar-refractivity contribution in [3.63, 3.8) is 0 Å². The molecule has 0 fully saturated rings. The van der Waals surface area contributed by atoms with Crippen LogP contribution in [0.2, 0.25) is 0 Å². The quantitative estimate of drug-likeness (QED) is 0.422. The third-order valence-corrected chi connectivity index (χ3v) is 5.15. The Morgan fingerprint density at radius 3 is 2.46 bits per heavy atom. The predicted octanol–water partition coefficient (Wildman–Crippen LogP) is 6.93. The van der Waals surface area contributed by atoms with E-state index < -0.39 is 0 Å². The molecule has 1 atom stereocenters. The van der Waals surface area contributed by atoms with E-state index in [9.17, 15) is 0 Å². The zero-order valence-corrected chi connectivity index (χ0v) is 18.5. The normalized spacial score (nSPS) is 14.1. The Kier molecular flexibility index (Phi) is 8.50. The fourth-order valence-corrected chi connectivity index (χ4v) is 3.41. The Hall–Kier alpha value is -2.35. The van der Waals surface area contributed by atoms with Crippen molar-refractivity contribution in [1.82, 2.24) is 4.57 Å². The average molecular weight is 377 g/mol. The number of benzene rings is 1. The van der Waals surface area contributed by atoms with E-state index >= 15 is 0 Å². The van der Waals surface area contributed by atoms with Gasteiger partial charge < -0.3 is 4.57 Å². The van der Waals surface area contributed by atoms with Gasteiger partial charge in [0.25, 0.3) is 0 Å². The summed E-state index contributed by atoms with van der Waals surface area (Å²) in [4.78, 5) is 5.15. The van der Waals surface area contributed by atoms with Crippen LogP contribution in [0.1, 0.15) is 62.9 Å². The van der Waals surface area contributed by atoms with Crippen LogP contribution in [0.25, 0.3) is 5.70 Å². The Morgan fingerprint density at radius 2 is 1.89 bits per heavy atom. The third-order valence-electron chi connectivity index (χ3n) is 5.15. The fraction of sp³-hybridized carbons (Fsp3) is 0.423. The molecular weight excluding hydrogens is 340 g/mol. The van der Waals surface area contributed by atoms with Crippen LogP contribution in [0.4, 0.5) is 0 Å². The zero-order chi connectivity index (χ0) is 20.5. The maximum Gasteiger partial charge on any atom is 0.0680 e. The molecule has 0 aliphatic carbocycles. The van der Waals surface area contributed by atoms with Crippen molar-refractivity contribution in [1.29, 1.82) is 0 Å². The molecule has 0 bridgehead atoms. The summed E-state index contributed by atoms with van der Waals surface area (Å²) in [6.07, 6.45) is 13.0. The van der Waals surface area contributed by atoms with Crippen LogP contribution in [0.3, 0.4) is 0 Å². The summed E-state index contributed by atoms with van der Waals surface area (Å²) >= 11 is 0. The monoisotopic (exact) mass is 376 g/mol. The molecule has 2 nitrogen and oxygen atoms in total. The number of allylic oxidation sites excluding steroid dienone is 3. The number of aromatic nitrogens is 1. The van der Waals surface area contributed by atoms with Gasteiger partial charge in [-0.15, -0.1) is 0 Å². The number of hydrogen-bond donors (Lipinski definition) is 0. The van der Waals surface area contributed by atoms with Crippen LogP contribution in [0.5, 0.6) is 0 Å². The highest BCUT2D eigenvalue weighted by Crippen LogP contribution is 2.23. The highest BCUT2D eigenvalue weighted by molar-refractivity contribution is 6.00. The van der Waals surface area contributed by atoms with Crippen molar-refractivity contribution in [3.05, 3.63) is 77.1 Å². The van der Waals surface area contributed by atoms with Gasteiger partial charge in [-0.3, -0.25) is 4.99 Å². The van der Waals surface area contributed by atoms with Crippen molar-refractivity contribution in [2.24, 2.45) is 18.0 Å². The molecule has 0 aliphatic rings. The summed E-state index contributed by atoms with van der Waals surface area (Å²) in [5.74, 6) is 0.360. The highest BCUT2D eigenvalue weighted by Gasteiger charge is 2.12. The van der Waals surface area contributed by atoms with Crippen LogP contribution in [-0.2, 0) is 19.9 Å². The standard InChI is InChI=1S/C26H36N2/c1-7-10-12-26(23-18-24(9-3)28(6)19-23)27-25(11-8-2)21(5)17-22-15-13-20(4)14-16-22/h8,11-16,18-19,21H,7,9-10,17H2,1-6H3/b11-8-,26-12+,27-25-. The van der Waals surface area contributed by atoms with E-state index in [1.54, 1.807) is 0 Å². The molecule has 2 aromatic rings. The number of unbranched alkanes of at least 4 members (excludes halogenated alkanes) is 1. The summed E-state index contributed by atoms with van der Waals surface area (Å²) in [6, 6.07) is 11.1. The van der Waals surface area contributed by atoms with Crippen LogP contribution in [0.15, 0.2) is 59.7 Å². The van der Waals surface area contributed by atoms with E-state index in [0.717, 1.165) is 37.1 Å². The van der Waals surface area contributed by atoms with Crippen LogP contribution < -0.4 is 0 Å². The highest BCUT2D eigenvalue weighted by atomic mass is 14.9. The fourth-order valence-electron chi connectivity index (χ4n) is 3.41. The molecular formula is C26H36N2. The lowest BCUT2D eigenvalue weighted by atomic mass is 9.95. The summed E-state index contributed by atoms with van der Waals surface area (Å²) in [7, 11) is 2.12. The minimum atomic E-state index is 0.360. The maximum atomic E-state index is 5.15. The first kappa shape index (κ1) is 21.9. The Labute approximate surface area is 171 Å². The first-order valence-electron chi connectivity index (χ1n) is 10.6. The largest absolute Gasteiger partial charge is 0.354 e. The Bertz CT molecular complexity index is 832. The van der Waals surface area contributed by atoms with Crippen LogP contribution in [0, 0.1) is 12.8 Å². The second-order valence-electron chi connectivity index (χ2n) is 7.69. The van der Waals surface area contributed by atoms with Gasteiger partial charge in [0.05, 0.1) is 5.70 Å². The molecule has 28 heavy (non-hydrogen) atoms. The Morgan fingerprint density at radius 1 is 1.18 bits per heavy atom. The molecule has 2 heteroatoms.